The fraction of sp³-hybridized carbons (Fsp3) is 0.429. The minimum absolute atomic E-state index is 0.0618. The van der Waals surface area contributed by atoms with Crippen LogP contribution in [0.2, 0.25) is 0 Å². The number of nitrogens with one attached hydrogen (secondary N) is 1. The number of benzene rings is 1. The number of fused-ring (bicyclic) bond motifs is 1. The van der Waals surface area contributed by atoms with Gasteiger partial charge in [0.05, 0.1) is 17.1 Å². The Morgan fingerprint density at radius 1 is 1.38 bits per heavy atom. The van der Waals surface area contributed by atoms with Gasteiger partial charge in [-0.3, -0.25) is 14.6 Å². The van der Waals surface area contributed by atoms with Crippen LogP contribution in [0.5, 0.6) is 0 Å². The minimum atomic E-state index is -0.756. The van der Waals surface area contributed by atoms with Gasteiger partial charge >= 0.3 is 0 Å². The number of nitriles is 1. The Morgan fingerprint density at radius 2 is 2.17 bits per heavy atom. The summed E-state index contributed by atoms with van der Waals surface area (Å²) in [4.78, 5) is 29.9. The average molecular weight is 394 g/mol. The Hall–Kier alpha value is -3.18. The van der Waals surface area contributed by atoms with Crippen molar-refractivity contribution in [2.24, 2.45) is 17.4 Å². The molecule has 1 aliphatic heterocycles. The van der Waals surface area contributed by atoms with E-state index in [4.69, 9.17) is 11.5 Å². The molecule has 2 amide bonds. The van der Waals surface area contributed by atoms with Crippen molar-refractivity contribution in [3.63, 3.8) is 0 Å². The monoisotopic (exact) mass is 394 g/mol. The molecule has 1 fully saturated rings. The van der Waals surface area contributed by atoms with E-state index in [1.165, 1.54) is 0 Å². The number of carbonyl (C=O) groups excluding carboxylic acids is 2. The molecule has 8 heteroatoms. The Morgan fingerprint density at radius 3 is 2.90 bits per heavy atom. The maximum Gasteiger partial charge on any atom is 0.237 e. The molecule has 1 aromatic heterocycles. The molecule has 3 atom stereocenters. The lowest BCUT2D eigenvalue weighted by atomic mass is 9.94. The van der Waals surface area contributed by atoms with Crippen molar-refractivity contribution >= 4 is 28.4 Å². The Bertz CT molecular complexity index is 954. The number of piperidine rings is 1. The van der Waals surface area contributed by atoms with Crippen LogP contribution in [-0.2, 0) is 9.59 Å². The molecule has 0 spiro atoms. The standard InChI is InChI=1S/C21H26N6O2/c1-13-9-15(26-21(29)17(23)5-7-19(24)28)12-27(11-13)18-6-4-14(10-22)20-16(18)3-2-8-25-20/h2-4,6,8,13,15,17H,5,7,9,11-12,23H2,1H3,(H2,24,28)(H,26,29)/t13-,15+,17-/m0/s1. The Labute approximate surface area is 169 Å². The maximum atomic E-state index is 12.4. The van der Waals surface area contributed by atoms with Crippen molar-refractivity contribution in [3.8, 4) is 6.07 Å². The molecule has 2 aromatic rings. The van der Waals surface area contributed by atoms with Gasteiger partial charge in [-0.15, -0.1) is 0 Å². The van der Waals surface area contributed by atoms with Crippen molar-refractivity contribution in [3.05, 3.63) is 36.0 Å². The summed E-state index contributed by atoms with van der Waals surface area (Å²) in [6.07, 6.45) is 2.85. The van der Waals surface area contributed by atoms with Crippen LogP contribution in [0.25, 0.3) is 10.9 Å². The first-order valence-electron chi connectivity index (χ1n) is 9.76. The van der Waals surface area contributed by atoms with Gasteiger partial charge in [-0.2, -0.15) is 5.26 Å². The van der Waals surface area contributed by atoms with Gasteiger partial charge in [-0.1, -0.05) is 6.92 Å². The van der Waals surface area contributed by atoms with E-state index in [1.807, 2.05) is 18.2 Å². The first-order chi connectivity index (χ1) is 13.9. The van der Waals surface area contributed by atoms with Gasteiger partial charge in [0.15, 0.2) is 0 Å². The summed E-state index contributed by atoms with van der Waals surface area (Å²) in [5.74, 6) is -0.373. The first kappa shape index (κ1) is 20.6. The van der Waals surface area contributed by atoms with Crippen LogP contribution in [-0.4, -0.2) is 42.0 Å². The third kappa shape index (κ3) is 4.81. The summed E-state index contributed by atoms with van der Waals surface area (Å²) in [5.41, 5.74) is 13.2. The second-order valence-electron chi connectivity index (χ2n) is 7.71. The van der Waals surface area contributed by atoms with Crippen LogP contribution in [0, 0.1) is 17.2 Å². The van der Waals surface area contributed by atoms with Gasteiger partial charge in [0.1, 0.15) is 6.07 Å². The van der Waals surface area contributed by atoms with E-state index < -0.39 is 11.9 Å². The number of carbonyl (C=O) groups is 2. The van der Waals surface area contributed by atoms with E-state index in [2.05, 4.69) is 28.2 Å². The lowest BCUT2D eigenvalue weighted by Gasteiger charge is -2.39. The van der Waals surface area contributed by atoms with Crippen molar-refractivity contribution < 1.29 is 9.59 Å². The number of hydrogen-bond donors (Lipinski definition) is 3. The molecule has 29 heavy (non-hydrogen) atoms. The number of primary amides is 1. The van der Waals surface area contributed by atoms with Gasteiger partial charge < -0.3 is 21.7 Å². The largest absolute Gasteiger partial charge is 0.370 e. The zero-order valence-electron chi connectivity index (χ0n) is 16.5. The van der Waals surface area contributed by atoms with Crippen LogP contribution in [0.1, 0.15) is 31.7 Å². The minimum Gasteiger partial charge on any atom is -0.370 e. The van der Waals surface area contributed by atoms with Gasteiger partial charge in [-0.05, 0) is 43.0 Å². The van der Waals surface area contributed by atoms with E-state index in [0.29, 0.717) is 23.5 Å². The van der Waals surface area contributed by atoms with Crippen LogP contribution in [0.4, 0.5) is 5.69 Å². The fourth-order valence-corrected chi connectivity index (χ4v) is 3.91. The topological polar surface area (TPSA) is 138 Å². The average Bonchev–Trinajstić information content (AvgIpc) is 2.70. The quantitative estimate of drug-likeness (QED) is 0.669. The molecule has 0 radical (unpaired) electrons. The maximum absolute atomic E-state index is 12.4. The van der Waals surface area contributed by atoms with E-state index in [1.54, 1.807) is 12.3 Å². The Balaban J connectivity index is 1.77. The summed E-state index contributed by atoms with van der Waals surface area (Å²) in [5, 5.41) is 13.3. The van der Waals surface area contributed by atoms with Crippen LogP contribution in [0.15, 0.2) is 30.5 Å². The zero-order valence-corrected chi connectivity index (χ0v) is 16.5. The predicted octanol–water partition coefficient (Wildman–Crippen LogP) is 1.03. The molecule has 5 N–H and O–H groups in total. The second kappa shape index (κ2) is 8.88. The molecular formula is C21H26N6O2. The highest BCUT2D eigenvalue weighted by Crippen LogP contribution is 2.31. The second-order valence-corrected chi connectivity index (χ2v) is 7.71. The summed E-state index contributed by atoms with van der Waals surface area (Å²) in [6, 6.07) is 8.93. The van der Waals surface area contributed by atoms with E-state index in [-0.39, 0.29) is 24.8 Å². The highest BCUT2D eigenvalue weighted by Gasteiger charge is 2.28. The number of amides is 2. The molecule has 0 bridgehead atoms. The van der Waals surface area contributed by atoms with Gasteiger partial charge in [0, 0.05) is 42.8 Å². The number of aromatic nitrogens is 1. The van der Waals surface area contributed by atoms with Crippen LogP contribution in [0.3, 0.4) is 0 Å². The van der Waals surface area contributed by atoms with E-state index >= 15 is 0 Å². The molecule has 152 valence electrons. The first-order valence-corrected chi connectivity index (χ1v) is 9.76. The van der Waals surface area contributed by atoms with E-state index in [0.717, 1.165) is 24.0 Å². The summed E-state index contributed by atoms with van der Waals surface area (Å²) < 4.78 is 0. The number of anilines is 1. The molecule has 0 saturated carbocycles. The number of rotatable bonds is 6. The van der Waals surface area contributed by atoms with Crippen LogP contribution < -0.4 is 21.7 Å². The molecule has 2 heterocycles. The lowest BCUT2D eigenvalue weighted by Crippen LogP contribution is -2.54. The summed E-state index contributed by atoms with van der Waals surface area (Å²) >= 11 is 0. The van der Waals surface area contributed by atoms with Crippen molar-refractivity contribution in [2.45, 2.75) is 38.3 Å². The molecule has 1 aromatic carbocycles. The lowest BCUT2D eigenvalue weighted by molar-refractivity contribution is -0.123. The molecular weight excluding hydrogens is 368 g/mol. The smallest absolute Gasteiger partial charge is 0.237 e. The Kier molecular flexibility index (Phi) is 6.29. The summed E-state index contributed by atoms with van der Waals surface area (Å²) in [7, 11) is 0. The zero-order chi connectivity index (χ0) is 21.0. The highest BCUT2D eigenvalue weighted by molar-refractivity contribution is 5.95. The molecule has 1 saturated heterocycles. The van der Waals surface area contributed by atoms with Crippen molar-refractivity contribution in [2.75, 3.05) is 18.0 Å². The predicted molar refractivity (Wildman–Crippen MR) is 111 cm³/mol. The number of pyridine rings is 1. The van der Waals surface area contributed by atoms with Gasteiger partial charge in [-0.25, -0.2) is 0 Å². The SMILES string of the molecule is C[C@H]1C[C@@H](NC(=O)[C@@H](N)CCC(N)=O)CN(c2ccc(C#N)c3ncccc23)C1. The number of nitrogens with two attached hydrogens (primary N) is 2. The molecule has 1 aliphatic rings. The van der Waals surface area contributed by atoms with Gasteiger partial charge in [0.25, 0.3) is 0 Å². The van der Waals surface area contributed by atoms with Gasteiger partial charge in [0.2, 0.25) is 11.8 Å². The molecule has 3 rings (SSSR count). The molecule has 0 aliphatic carbocycles. The normalized spacial score (nSPS) is 20.1. The van der Waals surface area contributed by atoms with E-state index in [9.17, 15) is 14.9 Å². The van der Waals surface area contributed by atoms with Crippen LogP contribution >= 0.6 is 0 Å². The van der Waals surface area contributed by atoms with Crippen molar-refractivity contribution in [1.82, 2.24) is 10.3 Å². The third-order valence-electron chi connectivity index (χ3n) is 5.25. The highest BCUT2D eigenvalue weighted by atomic mass is 16.2. The number of hydrogen-bond acceptors (Lipinski definition) is 6. The third-order valence-corrected chi connectivity index (χ3v) is 5.25. The van der Waals surface area contributed by atoms with Crippen molar-refractivity contribution in [1.29, 1.82) is 5.26 Å². The number of nitrogens with zero attached hydrogens (tertiary/aromatic N) is 3. The summed E-state index contributed by atoms with van der Waals surface area (Å²) in [6.45, 7) is 3.62. The molecule has 0 unspecified atom stereocenters. The molecule has 8 nitrogen and oxygen atoms in total. The fourth-order valence-electron chi connectivity index (χ4n) is 3.91.